The molecular formula is C18H18ClN5O3S. The maximum absolute atomic E-state index is 12.4. The van der Waals surface area contributed by atoms with Gasteiger partial charge in [-0.15, -0.1) is 5.10 Å². The second-order valence-electron chi connectivity index (χ2n) is 5.68. The largest absolute Gasteiger partial charge is 0.495 e. The van der Waals surface area contributed by atoms with E-state index < -0.39 is 0 Å². The molecule has 1 amide bonds. The molecule has 8 nitrogen and oxygen atoms in total. The van der Waals surface area contributed by atoms with Gasteiger partial charge in [-0.1, -0.05) is 41.6 Å². The Morgan fingerprint density at radius 3 is 2.68 bits per heavy atom. The number of hydrogen-bond donors (Lipinski definition) is 1. The van der Waals surface area contributed by atoms with Gasteiger partial charge in [0.25, 0.3) is 0 Å². The minimum Gasteiger partial charge on any atom is -0.495 e. The lowest BCUT2D eigenvalue weighted by molar-refractivity contribution is -0.113. The Morgan fingerprint density at radius 1 is 1.21 bits per heavy atom. The summed E-state index contributed by atoms with van der Waals surface area (Å²) in [4.78, 5) is 12.4. The Balaban J connectivity index is 1.71. The standard InChI is InChI=1S/C18H18ClN5O3S/c1-11-6-4-5-7-14(11)24-18(21-22-23-24)28-10-17(25)20-13-9-15(26-2)12(19)8-16(13)27-3/h4-9H,10H2,1-3H3,(H,20,25). The number of methoxy groups -OCH3 is 2. The van der Waals surface area contributed by atoms with E-state index in [2.05, 4.69) is 20.8 Å². The molecule has 0 aliphatic heterocycles. The lowest BCUT2D eigenvalue weighted by atomic mass is 10.2. The van der Waals surface area contributed by atoms with E-state index in [-0.39, 0.29) is 11.7 Å². The molecule has 0 saturated carbocycles. The van der Waals surface area contributed by atoms with Gasteiger partial charge >= 0.3 is 0 Å². The van der Waals surface area contributed by atoms with E-state index in [1.165, 1.54) is 26.0 Å². The topological polar surface area (TPSA) is 91.2 Å². The summed E-state index contributed by atoms with van der Waals surface area (Å²) in [6.45, 7) is 1.97. The number of thioether (sulfide) groups is 1. The molecule has 28 heavy (non-hydrogen) atoms. The van der Waals surface area contributed by atoms with Gasteiger partial charge in [-0.2, -0.15) is 4.68 Å². The second-order valence-corrected chi connectivity index (χ2v) is 7.03. The fraction of sp³-hybridized carbons (Fsp3) is 0.222. The molecule has 0 bridgehead atoms. The van der Waals surface area contributed by atoms with Crippen LogP contribution in [0.1, 0.15) is 5.56 Å². The van der Waals surface area contributed by atoms with Gasteiger partial charge in [0.1, 0.15) is 11.5 Å². The predicted octanol–water partition coefficient (Wildman–Crippen LogP) is 3.37. The molecular weight excluding hydrogens is 402 g/mol. The minimum atomic E-state index is -0.244. The summed E-state index contributed by atoms with van der Waals surface area (Å²) in [5.41, 5.74) is 2.35. The van der Waals surface area contributed by atoms with E-state index in [0.717, 1.165) is 11.3 Å². The molecule has 1 heterocycles. The number of benzene rings is 2. The average Bonchev–Trinajstić information content (AvgIpc) is 3.16. The van der Waals surface area contributed by atoms with Crippen LogP contribution in [0.5, 0.6) is 11.5 Å². The highest BCUT2D eigenvalue weighted by molar-refractivity contribution is 7.99. The Kier molecular flexibility index (Phi) is 6.37. The number of rotatable bonds is 7. The molecule has 0 fully saturated rings. The van der Waals surface area contributed by atoms with Crippen molar-refractivity contribution in [3.05, 3.63) is 47.0 Å². The molecule has 146 valence electrons. The third-order valence-corrected chi connectivity index (χ3v) is 5.08. The van der Waals surface area contributed by atoms with Gasteiger partial charge in [0.15, 0.2) is 0 Å². The van der Waals surface area contributed by atoms with Gasteiger partial charge in [0.05, 0.1) is 36.4 Å². The zero-order valence-corrected chi connectivity index (χ0v) is 17.0. The van der Waals surface area contributed by atoms with Crippen LogP contribution in [0.3, 0.4) is 0 Å². The van der Waals surface area contributed by atoms with Crippen molar-refractivity contribution in [2.24, 2.45) is 0 Å². The molecule has 0 aliphatic rings. The fourth-order valence-corrected chi connectivity index (χ4v) is 3.41. The molecule has 0 saturated heterocycles. The quantitative estimate of drug-likeness (QED) is 0.587. The Hall–Kier alpha value is -2.78. The number of ether oxygens (including phenoxy) is 2. The maximum Gasteiger partial charge on any atom is 0.234 e. The van der Waals surface area contributed by atoms with Gasteiger partial charge in [0.2, 0.25) is 11.1 Å². The van der Waals surface area contributed by atoms with Crippen molar-refractivity contribution in [2.75, 3.05) is 25.3 Å². The molecule has 10 heteroatoms. The molecule has 1 aromatic heterocycles. The number of aromatic nitrogens is 4. The minimum absolute atomic E-state index is 0.111. The van der Waals surface area contributed by atoms with Crippen molar-refractivity contribution in [1.29, 1.82) is 0 Å². The summed E-state index contributed by atoms with van der Waals surface area (Å²) in [6.07, 6.45) is 0. The Labute approximate surface area is 171 Å². The van der Waals surface area contributed by atoms with Crippen LogP contribution < -0.4 is 14.8 Å². The number of halogens is 1. The molecule has 2 aromatic carbocycles. The first-order valence-corrected chi connectivity index (χ1v) is 9.58. The summed E-state index contributed by atoms with van der Waals surface area (Å²) >= 11 is 7.32. The number of tetrazole rings is 1. The first-order chi connectivity index (χ1) is 13.5. The van der Waals surface area contributed by atoms with E-state index in [1.54, 1.807) is 16.8 Å². The zero-order valence-electron chi connectivity index (χ0n) is 15.5. The van der Waals surface area contributed by atoms with Gasteiger partial charge in [-0.3, -0.25) is 4.79 Å². The van der Waals surface area contributed by atoms with Crippen LogP contribution in [-0.4, -0.2) is 46.1 Å². The second kappa shape index (κ2) is 8.94. The molecule has 3 rings (SSSR count). The van der Waals surface area contributed by atoms with E-state index in [4.69, 9.17) is 21.1 Å². The number of anilines is 1. The fourth-order valence-electron chi connectivity index (χ4n) is 2.50. The summed E-state index contributed by atoms with van der Waals surface area (Å²) < 4.78 is 12.1. The van der Waals surface area contributed by atoms with Gasteiger partial charge in [0, 0.05) is 12.1 Å². The van der Waals surface area contributed by atoms with Crippen molar-refractivity contribution >= 4 is 35.0 Å². The molecule has 0 spiro atoms. The normalized spacial score (nSPS) is 10.6. The molecule has 0 atom stereocenters. The van der Waals surface area contributed by atoms with E-state index in [9.17, 15) is 4.79 Å². The highest BCUT2D eigenvalue weighted by Crippen LogP contribution is 2.36. The summed E-state index contributed by atoms with van der Waals surface area (Å²) in [7, 11) is 3.00. The van der Waals surface area contributed by atoms with E-state index in [1.807, 2.05) is 31.2 Å². The van der Waals surface area contributed by atoms with Gasteiger partial charge in [-0.25, -0.2) is 0 Å². The van der Waals surface area contributed by atoms with Crippen molar-refractivity contribution in [3.63, 3.8) is 0 Å². The molecule has 0 unspecified atom stereocenters. The van der Waals surface area contributed by atoms with Crippen molar-refractivity contribution in [3.8, 4) is 17.2 Å². The van der Waals surface area contributed by atoms with Crippen molar-refractivity contribution < 1.29 is 14.3 Å². The van der Waals surface area contributed by atoms with Crippen molar-refractivity contribution in [2.45, 2.75) is 12.1 Å². The summed E-state index contributed by atoms with van der Waals surface area (Å²) in [5, 5.41) is 15.5. The van der Waals surface area contributed by atoms with Crippen LogP contribution in [0.4, 0.5) is 5.69 Å². The highest BCUT2D eigenvalue weighted by atomic mass is 35.5. The Morgan fingerprint density at radius 2 is 1.96 bits per heavy atom. The van der Waals surface area contributed by atoms with E-state index in [0.29, 0.717) is 27.4 Å². The molecule has 0 radical (unpaired) electrons. The number of para-hydroxylation sites is 1. The monoisotopic (exact) mass is 419 g/mol. The number of aryl methyl sites for hydroxylation is 1. The number of carbonyl (C=O) groups excluding carboxylic acids is 1. The van der Waals surface area contributed by atoms with Gasteiger partial charge in [-0.05, 0) is 29.0 Å². The zero-order chi connectivity index (χ0) is 20.1. The highest BCUT2D eigenvalue weighted by Gasteiger charge is 2.15. The maximum atomic E-state index is 12.4. The third kappa shape index (κ3) is 4.37. The Bertz CT molecular complexity index is 995. The van der Waals surface area contributed by atoms with Crippen molar-refractivity contribution in [1.82, 2.24) is 20.2 Å². The molecule has 0 aliphatic carbocycles. The number of nitrogens with one attached hydrogen (secondary N) is 1. The number of hydrogen-bond acceptors (Lipinski definition) is 7. The SMILES string of the molecule is COc1cc(NC(=O)CSc2nnnn2-c2ccccc2C)c(OC)cc1Cl. The smallest absolute Gasteiger partial charge is 0.234 e. The number of carbonyl (C=O) groups is 1. The lowest BCUT2D eigenvalue weighted by Crippen LogP contribution is -2.15. The van der Waals surface area contributed by atoms with Gasteiger partial charge < -0.3 is 14.8 Å². The van der Waals surface area contributed by atoms with Crippen LogP contribution in [-0.2, 0) is 4.79 Å². The van der Waals surface area contributed by atoms with Crippen LogP contribution in [0.15, 0.2) is 41.6 Å². The van der Waals surface area contributed by atoms with Crippen LogP contribution in [0.2, 0.25) is 5.02 Å². The number of amides is 1. The van der Waals surface area contributed by atoms with Crippen LogP contribution in [0.25, 0.3) is 5.69 Å². The first-order valence-electron chi connectivity index (χ1n) is 8.22. The molecule has 3 aromatic rings. The average molecular weight is 420 g/mol. The lowest BCUT2D eigenvalue weighted by Gasteiger charge is -2.13. The summed E-state index contributed by atoms with van der Waals surface area (Å²) in [6, 6.07) is 10.9. The van der Waals surface area contributed by atoms with E-state index >= 15 is 0 Å². The number of nitrogens with zero attached hydrogens (tertiary/aromatic N) is 4. The summed E-state index contributed by atoms with van der Waals surface area (Å²) in [5.74, 6) is 0.746. The molecule has 1 N–H and O–H groups in total. The van der Waals surface area contributed by atoms with Crippen LogP contribution >= 0.6 is 23.4 Å². The first kappa shape index (κ1) is 20.0. The van der Waals surface area contributed by atoms with Crippen LogP contribution in [0, 0.1) is 6.92 Å². The third-order valence-electron chi connectivity index (χ3n) is 3.86. The predicted molar refractivity (Wildman–Crippen MR) is 108 cm³/mol.